The highest BCUT2D eigenvalue weighted by Crippen LogP contribution is 2.21. The minimum Gasteiger partial charge on any atom is -0.396 e. The molecular weight excluding hydrogens is 222 g/mol. The van der Waals surface area contributed by atoms with E-state index in [9.17, 15) is 0 Å². The molecule has 1 aromatic heterocycles. The summed E-state index contributed by atoms with van der Waals surface area (Å²) in [6.45, 7) is 0.202. The van der Waals surface area contributed by atoms with Crippen LogP contribution in [0.1, 0.15) is 5.69 Å². The first kappa shape index (κ1) is 11.2. The summed E-state index contributed by atoms with van der Waals surface area (Å²) in [6, 6.07) is 11.8. The van der Waals surface area contributed by atoms with Gasteiger partial charge in [0.25, 0.3) is 0 Å². The fourth-order valence-electron chi connectivity index (χ4n) is 1.36. The van der Waals surface area contributed by atoms with Crippen LogP contribution >= 0.6 is 11.8 Å². The summed E-state index contributed by atoms with van der Waals surface area (Å²) < 4.78 is 5.26. The van der Waals surface area contributed by atoms with Crippen LogP contribution in [-0.2, 0) is 5.75 Å². The normalized spacial score (nSPS) is 10.6. The zero-order valence-electron chi connectivity index (χ0n) is 8.80. The van der Waals surface area contributed by atoms with Gasteiger partial charge < -0.3 is 9.63 Å². The molecule has 1 aromatic carbocycles. The second-order valence-electron chi connectivity index (χ2n) is 3.32. The first-order chi connectivity index (χ1) is 7.90. The average molecular weight is 235 g/mol. The Hall–Kier alpha value is -1.26. The number of aliphatic hydroxyl groups excluding tert-OH is 1. The lowest BCUT2D eigenvalue weighted by atomic mass is 10.2. The van der Waals surface area contributed by atoms with Crippen LogP contribution in [0.2, 0.25) is 0 Å². The van der Waals surface area contributed by atoms with E-state index in [4.69, 9.17) is 9.63 Å². The summed E-state index contributed by atoms with van der Waals surface area (Å²) >= 11 is 1.64. The summed E-state index contributed by atoms with van der Waals surface area (Å²) in [5.74, 6) is 2.30. The number of rotatable bonds is 5. The summed E-state index contributed by atoms with van der Waals surface area (Å²) in [5, 5.41) is 12.6. The summed E-state index contributed by atoms with van der Waals surface area (Å²) in [7, 11) is 0. The van der Waals surface area contributed by atoms with Crippen LogP contribution in [0.4, 0.5) is 0 Å². The lowest BCUT2D eigenvalue weighted by molar-refractivity contribution is 0.322. The Kier molecular flexibility index (Phi) is 4.02. The van der Waals surface area contributed by atoms with Crippen molar-refractivity contribution in [3.8, 4) is 11.3 Å². The molecule has 0 saturated carbocycles. The van der Waals surface area contributed by atoms with Gasteiger partial charge in [0, 0.05) is 23.1 Å². The molecule has 0 aliphatic heterocycles. The first-order valence-electron chi connectivity index (χ1n) is 5.10. The van der Waals surface area contributed by atoms with Gasteiger partial charge in [-0.25, -0.2) is 0 Å². The third kappa shape index (κ3) is 2.87. The largest absolute Gasteiger partial charge is 0.396 e. The molecule has 2 aromatic rings. The van der Waals surface area contributed by atoms with Crippen molar-refractivity contribution >= 4 is 11.8 Å². The van der Waals surface area contributed by atoms with E-state index in [-0.39, 0.29) is 6.61 Å². The molecule has 0 amide bonds. The zero-order chi connectivity index (χ0) is 11.2. The van der Waals surface area contributed by atoms with Crippen LogP contribution in [0.3, 0.4) is 0 Å². The summed E-state index contributed by atoms with van der Waals surface area (Å²) in [5.41, 5.74) is 1.95. The fourth-order valence-corrected chi connectivity index (χ4v) is 1.98. The van der Waals surface area contributed by atoms with E-state index < -0.39 is 0 Å². The van der Waals surface area contributed by atoms with Crippen molar-refractivity contribution in [3.05, 3.63) is 42.1 Å². The minimum atomic E-state index is 0.202. The average Bonchev–Trinajstić information content (AvgIpc) is 2.79. The van der Waals surface area contributed by atoms with Crippen LogP contribution in [0.15, 0.2) is 40.9 Å². The van der Waals surface area contributed by atoms with E-state index >= 15 is 0 Å². The molecule has 0 unspecified atom stereocenters. The maximum Gasteiger partial charge on any atom is 0.167 e. The number of aromatic nitrogens is 1. The SMILES string of the molecule is OCCSCc1cc(-c2ccccc2)on1. The highest BCUT2D eigenvalue weighted by Gasteiger charge is 2.05. The Balaban J connectivity index is 2.02. The standard InChI is InChI=1S/C12H13NO2S/c14-6-7-16-9-11-8-12(15-13-11)10-4-2-1-3-5-10/h1-5,8,14H,6-7,9H2. The van der Waals surface area contributed by atoms with Crippen LogP contribution < -0.4 is 0 Å². The molecule has 0 saturated heterocycles. The van der Waals surface area contributed by atoms with Crippen molar-refractivity contribution < 1.29 is 9.63 Å². The van der Waals surface area contributed by atoms with E-state index in [0.29, 0.717) is 0 Å². The van der Waals surface area contributed by atoms with Crippen LogP contribution in [0.25, 0.3) is 11.3 Å². The predicted molar refractivity (Wildman–Crippen MR) is 65.2 cm³/mol. The highest BCUT2D eigenvalue weighted by molar-refractivity contribution is 7.98. The number of aliphatic hydroxyl groups is 1. The van der Waals surface area contributed by atoms with Crippen molar-refractivity contribution in [2.45, 2.75) is 5.75 Å². The predicted octanol–water partition coefficient (Wildman–Crippen LogP) is 2.57. The number of hydrogen-bond acceptors (Lipinski definition) is 4. The molecule has 3 nitrogen and oxygen atoms in total. The lowest BCUT2D eigenvalue weighted by Gasteiger charge is -1.93. The van der Waals surface area contributed by atoms with Crippen LogP contribution in [-0.4, -0.2) is 22.6 Å². The molecule has 0 bridgehead atoms. The van der Waals surface area contributed by atoms with Gasteiger partial charge in [-0.1, -0.05) is 35.5 Å². The van der Waals surface area contributed by atoms with Gasteiger partial charge in [-0.3, -0.25) is 0 Å². The second-order valence-corrected chi connectivity index (χ2v) is 4.43. The molecule has 4 heteroatoms. The Morgan fingerprint density at radius 2 is 2.06 bits per heavy atom. The number of benzene rings is 1. The smallest absolute Gasteiger partial charge is 0.167 e. The van der Waals surface area contributed by atoms with Gasteiger partial charge in [0.1, 0.15) is 0 Å². The van der Waals surface area contributed by atoms with E-state index in [1.165, 1.54) is 0 Å². The van der Waals surface area contributed by atoms with Gasteiger partial charge >= 0.3 is 0 Å². The molecule has 84 valence electrons. The molecule has 0 fully saturated rings. The molecular formula is C12H13NO2S. The number of nitrogens with zero attached hydrogens (tertiary/aromatic N) is 1. The highest BCUT2D eigenvalue weighted by atomic mass is 32.2. The minimum absolute atomic E-state index is 0.202. The number of thioether (sulfide) groups is 1. The van der Waals surface area contributed by atoms with Gasteiger partial charge in [0.2, 0.25) is 0 Å². The Morgan fingerprint density at radius 1 is 1.25 bits per heavy atom. The molecule has 1 N–H and O–H groups in total. The molecule has 1 heterocycles. The Bertz CT molecular complexity index is 428. The van der Waals surface area contributed by atoms with Crippen LogP contribution in [0, 0.1) is 0 Å². The molecule has 16 heavy (non-hydrogen) atoms. The maximum absolute atomic E-state index is 8.66. The van der Waals surface area contributed by atoms with Crippen molar-refractivity contribution in [2.24, 2.45) is 0 Å². The third-order valence-corrected chi connectivity index (χ3v) is 3.07. The van der Waals surface area contributed by atoms with E-state index in [2.05, 4.69) is 5.16 Å². The molecule has 0 aliphatic rings. The van der Waals surface area contributed by atoms with Crippen molar-refractivity contribution in [3.63, 3.8) is 0 Å². The van der Waals surface area contributed by atoms with E-state index in [1.54, 1.807) is 11.8 Å². The van der Waals surface area contributed by atoms with Crippen molar-refractivity contribution in [1.82, 2.24) is 5.16 Å². The summed E-state index contributed by atoms with van der Waals surface area (Å²) in [6.07, 6.45) is 0. The van der Waals surface area contributed by atoms with Gasteiger partial charge in [0.05, 0.1) is 12.3 Å². The van der Waals surface area contributed by atoms with Gasteiger partial charge in [-0.2, -0.15) is 11.8 Å². The molecule has 0 radical (unpaired) electrons. The topological polar surface area (TPSA) is 46.3 Å². The summed E-state index contributed by atoms with van der Waals surface area (Å²) in [4.78, 5) is 0. The monoisotopic (exact) mass is 235 g/mol. The quantitative estimate of drug-likeness (QED) is 0.809. The molecule has 0 atom stereocenters. The van der Waals surface area contributed by atoms with Crippen molar-refractivity contribution in [1.29, 1.82) is 0 Å². The maximum atomic E-state index is 8.66. The number of hydrogen-bond donors (Lipinski definition) is 1. The molecule has 0 spiro atoms. The Labute approximate surface area is 98.5 Å². The first-order valence-corrected chi connectivity index (χ1v) is 6.25. The fraction of sp³-hybridized carbons (Fsp3) is 0.250. The second kappa shape index (κ2) is 5.72. The van der Waals surface area contributed by atoms with E-state index in [1.807, 2.05) is 36.4 Å². The van der Waals surface area contributed by atoms with Gasteiger partial charge in [-0.05, 0) is 0 Å². The van der Waals surface area contributed by atoms with Gasteiger partial charge in [-0.15, -0.1) is 0 Å². The Morgan fingerprint density at radius 3 is 2.81 bits per heavy atom. The van der Waals surface area contributed by atoms with E-state index in [0.717, 1.165) is 28.5 Å². The zero-order valence-corrected chi connectivity index (χ0v) is 9.61. The van der Waals surface area contributed by atoms with Crippen molar-refractivity contribution in [2.75, 3.05) is 12.4 Å². The molecule has 2 rings (SSSR count). The third-order valence-electron chi connectivity index (χ3n) is 2.10. The molecule has 0 aliphatic carbocycles. The van der Waals surface area contributed by atoms with Crippen LogP contribution in [0.5, 0.6) is 0 Å². The lowest BCUT2D eigenvalue weighted by Crippen LogP contribution is -1.87. The van der Waals surface area contributed by atoms with Gasteiger partial charge in [0.15, 0.2) is 5.76 Å².